The highest BCUT2D eigenvalue weighted by Crippen LogP contribution is 2.19. The Hall–Kier alpha value is -2.22. The molecular formula is C23H31IN4O. The summed E-state index contributed by atoms with van der Waals surface area (Å²) in [5, 5.41) is 6.73. The van der Waals surface area contributed by atoms with Crippen LogP contribution in [0, 0.1) is 6.92 Å². The first-order valence-corrected chi connectivity index (χ1v) is 9.81. The number of halogens is 1. The maximum absolute atomic E-state index is 6.02. The molecule has 0 aliphatic carbocycles. The predicted molar refractivity (Wildman–Crippen MR) is 133 cm³/mol. The van der Waals surface area contributed by atoms with Crippen molar-refractivity contribution < 1.29 is 4.74 Å². The molecule has 0 aromatic heterocycles. The van der Waals surface area contributed by atoms with Gasteiger partial charge in [-0.1, -0.05) is 42.5 Å². The van der Waals surface area contributed by atoms with Crippen LogP contribution in [-0.2, 0) is 6.54 Å². The number of hydrogen-bond donors (Lipinski definition) is 2. The number of nitrogens with zero attached hydrogens (tertiary/aromatic N) is 2. The van der Waals surface area contributed by atoms with E-state index in [1.165, 1.54) is 11.3 Å². The Labute approximate surface area is 191 Å². The zero-order valence-corrected chi connectivity index (χ0v) is 19.7. The minimum Gasteiger partial charge on any atom is -0.489 e. The molecule has 0 saturated heterocycles. The van der Waals surface area contributed by atoms with E-state index in [1.54, 1.807) is 7.05 Å². The van der Waals surface area contributed by atoms with Gasteiger partial charge in [0.25, 0.3) is 0 Å². The third-order valence-corrected chi connectivity index (χ3v) is 4.76. The van der Waals surface area contributed by atoms with Gasteiger partial charge in [0.05, 0.1) is 6.54 Å². The Morgan fingerprint density at radius 3 is 2.59 bits per heavy atom. The zero-order chi connectivity index (χ0) is 19.8. The van der Waals surface area contributed by atoms with Crippen molar-refractivity contribution in [3.8, 4) is 5.75 Å². The average Bonchev–Trinajstić information content (AvgIpc) is 3.25. The number of guanidine groups is 1. The smallest absolute Gasteiger partial charge is 0.191 e. The molecule has 3 rings (SSSR count). The molecule has 0 amide bonds. The lowest BCUT2D eigenvalue weighted by Crippen LogP contribution is -2.41. The van der Waals surface area contributed by atoms with E-state index in [0.717, 1.165) is 36.9 Å². The standard InChI is InChI=1S/C23H30N4O.HI/c1-18-9-4-5-12-22(18)28-19(2)16-25-23(24-3)26-17-20-10-8-11-21(15-20)27-13-6-7-14-27;/h4-12,15,19H,13-14,16-17H2,1-3H3,(H2,24,25,26);1H. The van der Waals surface area contributed by atoms with E-state index in [0.29, 0.717) is 6.54 Å². The van der Waals surface area contributed by atoms with Crippen LogP contribution in [0.2, 0.25) is 0 Å². The van der Waals surface area contributed by atoms with Gasteiger partial charge in [0.1, 0.15) is 11.9 Å². The third kappa shape index (κ3) is 6.96. The van der Waals surface area contributed by atoms with Crippen LogP contribution in [-0.4, -0.2) is 38.7 Å². The molecule has 1 heterocycles. The molecule has 0 saturated carbocycles. The predicted octanol–water partition coefficient (Wildman–Crippen LogP) is 4.12. The van der Waals surface area contributed by atoms with Crippen molar-refractivity contribution >= 4 is 35.6 Å². The summed E-state index contributed by atoms with van der Waals surface area (Å²) in [4.78, 5) is 6.67. The van der Waals surface area contributed by atoms with Gasteiger partial charge in [-0.15, -0.1) is 24.0 Å². The highest BCUT2D eigenvalue weighted by atomic mass is 127. The quantitative estimate of drug-likeness (QED) is 0.257. The van der Waals surface area contributed by atoms with Crippen LogP contribution in [0.25, 0.3) is 0 Å². The van der Waals surface area contributed by atoms with E-state index in [-0.39, 0.29) is 30.1 Å². The Morgan fingerprint density at radius 1 is 1.10 bits per heavy atom. The number of aliphatic imine (C=N–C) groups is 1. The monoisotopic (exact) mass is 506 g/mol. The summed E-state index contributed by atoms with van der Waals surface area (Å²) < 4.78 is 6.02. The second-order valence-electron chi connectivity index (χ2n) is 7.05. The van der Waals surface area contributed by atoms with Crippen molar-refractivity contribution in [3.63, 3.8) is 0 Å². The number of hydrogen-bond acceptors (Lipinski definition) is 3. The molecule has 156 valence electrons. The molecule has 2 N–H and O–H groups in total. The van der Waals surface area contributed by atoms with Gasteiger partial charge in [0.2, 0.25) is 0 Å². The van der Waals surface area contributed by atoms with Crippen LogP contribution in [0.1, 0.15) is 18.1 Å². The largest absolute Gasteiger partial charge is 0.489 e. The number of ether oxygens (including phenoxy) is 1. The molecule has 1 atom stereocenters. The second kappa shape index (κ2) is 11.7. The number of benzene rings is 2. The summed E-state index contributed by atoms with van der Waals surface area (Å²) in [7, 11) is 1.79. The lowest BCUT2D eigenvalue weighted by atomic mass is 10.2. The first-order valence-electron chi connectivity index (χ1n) is 9.81. The molecule has 1 aliphatic rings. The SMILES string of the molecule is CN=C(NCc1cccc(N2CC=CC2)c1)NCC(C)Oc1ccccc1C.I. The maximum Gasteiger partial charge on any atom is 0.191 e. The highest BCUT2D eigenvalue weighted by molar-refractivity contribution is 14.0. The lowest BCUT2D eigenvalue weighted by molar-refractivity contribution is 0.222. The van der Waals surface area contributed by atoms with Crippen molar-refractivity contribution in [3.05, 3.63) is 71.8 Å². The van der Waals surface area contributed by atoms with E-state index in [1.807, 2.05) is 18.2 Å². The molecule has 0 radical (unpaired) electrons. The number of aryl methyl sites for hydroxylation is 1. The van der Waals surface area contributed by atoms with Crippen molar-refractivity contribution in [2.24, 2.45) is 4.99 Å². The van der Waals surface area contributed by atoms with Gasteiger partial charge >= 0.3 is 0 Å². The zero-order valence-electron chi connectivity index (χ0n) is 17.4. The van der Waals surface area contributed by atoms with Crippen molar-refractivity contribution in [2.75, 3.05) is 31.6 Å². The molecule has 0 fully saturated rings. The molecule has 2 aromatic carbocycles. The van der Waals surface area contributed by atoms with Crippen molar-refractivity contribution in [2.45, 2.75) is 26.5 Å². The first kappa shape index (κ1) is 23.1. The second-order valence-corrected chi connectivity index (χ2v) is 7.05. The molecule has 1 aliphatic heterocycles. The molecule has 0 spiro atoms. The van der Waals surface area contributed by atoms with Gasteiger partial charge in [0, 0.05) is 32.4 Å². The average molecular weight is 506 g/mol. The fourth-order valence-corrected chi connectivity index (χ4v) is 3.15. The van der Waals surface area contributed by atoms with Crippen molar-refractivity contribution in [1.82, 2.24) is 10.6 Å². The number of nitrogens with one attached hydrogen (secondary N) is 2. The van der Waals surface area contributed by atoms with Crippen LogP contribution in [0.5, 0.6) is 5.75 Å². The third-order valence-electron chi connectivity index (χ3n) is 4.76. The van der Waals surface area contributed by atoms with Gasteiger partial charge in [-0.2, -0.15) is 0 Å². The van der Waals surface area contributed by atoms with Crippen molar-refractivity contribution in [1.29, 1.82) is 0 Å². The first-order chi connectivity index (χ1) is 13.7. The topological polar surface area (TPSA) is 48.9 Å². The van der Waals surface area contributed by atoms with E-state index >= 15 is 0 Å². The summed E-state index contributed by atoms with van der Waals surface area (Å²) in [6.07, 6.45) is 4.44. The summed E-state index contributed by atoms with van der Waals surface area (Å²) >= 11 is 0. The van der Waals surface area contributed by atoms with E-state index < -0.39 is 0 Å². The normalized spacial score (nSPS) is 14.3. The van der Waals surface area contributed by atoms with E-state index in [9.17, 15) is 0 Å². The van der Waals surface area contributed by atoms with Gasteiger partial charge < -0.3 is 20.3 Å². The highest BCUT2D eigenvalue weighted by Gasteiger charge is 2.09. The van der Waals surface area contributed by atoms with Gasteiger partial charge in [-0.3, -0.25) is 4.99 Å². The van der Waals surface area contributed by atoms with Crippen LogP contribution in [0.4, 0.5) is 5.69 Å². The van der Waals surface area contributed by atoms with Gasteiger partial charge in [-0.25, -0.2) is 0 Å². The molecule has 1 unspecified atom stereocenters. The fourth-order valence-electron chi connectivity index (χ4n) is 3.15. The lowest BCUT2D eigenvalue weighted by Gasteiger charge is -2.20. The summed E-state index contributed by atoms with van der Waals surface area (Å²) in [5.41, 5.74) is 3.63. The van der Waals surface area contributed by atoms with Crippen LogP contribution < -0.4 is 20.3 Å². The Bertz CT molecular complexity index is 829. The minimum atomic E-state index is 0. The summed E-state index contributed by atoms with van der Waals surface area (Å²) in [5.74, 6) is 1.70. The Morgan fingerprint density at radius 2 is 1.86 bits per heavy atom. The molecule has 6 heteroatoms. The molecule has 29 heavy (non-hydrogen) atoms. The van der Waals surface area contributed by atoms with Crippen LogP contribution in [0.15, 0.2) is 65.7 Å². The molecule has 0 bridgehead atoms. The molecular weight excluding hydrogens is 475 g/mol. The number of rotatable bonds is 7. The van der Waals surface area contributed by atoms with E-state index in [2.05, 4.69) is 76.9 Å². The number of anilines is 1. The van der Waals surface area contributed by atoms with Crippen LogP contribution >= 0.6 is 24.0 Å². The van der Waals surface area contributed by atoms with Gasteiger partial charge in [0.15, 0.2) is 5.96 Å². The minimum absolute atomic E-state index is 0. The molecule has 2 aromatic rings. The van der Waals surface area contributed by atoms with E-state index in [4.69, 9.17) is 4.74 Å². The van der Waals surface area contributed by atoms with Crippen LogP contribution in [0.3, 0.4) is 0 Å². The van der Waals surface area contributed by atoms with Gasteiger partial charge in [-0.05, 0) is 43.2 Å². The maximum atomic E-state index is 6.02. The fraction of sp³-hybridized carbons (Fsp3) is 0.348. The molecule has 5 nitrogen and oxygen atoms in total. The Kier molecular flexibility index (Phi) is 9.31. The number of para-hydroxylation sites is 1. The Balaban J connectivity index is 0.00000300. The summed E-state index contributed by atoms with van der Waals surface area (Å²) in [6.45, 7) is 7.48. The summed E-state index contributed by atoms with van der Waals surface area (Å²) in [6, 6.07) is 16.7.